The molecule has 30 heavy (non-hydrogen) atoms. The third-order valence-electron chi connectivity index (χ3n) is 6.21. The van der Waals surface area contributed by atoms with Gasteiger partial charge in [-0.2, -0.15) is 5.10 Å². The number of benzene rings is 1. The molecule has 0 radical (unpaired) electrons. The second kappa shape index (κ2) is 8.13. The van der Waals surface area contributed by atoms with E-state index >= 15 is 0 Å². The maximum Gasteiger partial charge on any atom is 0.245 e. The quantitative estimate of drug-likeness (QED) is 0.779. The van der Waals surface area contributed by atoms with Crippen molar-refractivity contribution in [2.45, 2.75) is 53.1 Å². The third kappa shape index (κ3) is 3.68. The average molecular weight is 410 g/mol. The fourth-order valence-corrected chi connectivity index (χ4v) is 4.58. The van der Waals surface area contributed by atoms with Crippen molar-refractivity contribution in [1.82, 2.24) is 14.7 Å². The summed E-state index contributed by atoms with van der Waals surface area (Å²) in [6.07, 6.45) is 0.977. The zero-order valence-electron chi connectivity index (χ0n) is 18.4. The highest BCUT2D eigenvalue weighted by molar-refractivity contribution is 6.01. The fraction of sp³-hybridized carbons (Fsp3) is 0.522. The van der Waals surface area contributed by atoms with Crippen LogP contribution in [-0.2, 0) is 16.1 Å². The molecule has 0 spiro atoms. The molecular weight excluding hydrogens is 378 g/mol. The second-order valence-corrected chi connectivity index (χ2v) is 8.41. The lowest BCUT2D eigenvalue weighted by Crippen LogP contribution is -2.57. The van der Waals surface area contributed by atoms with Gasteiger partial charge in [-0.25, -0.2) is 4.68 Å². The Kier molecular flexibility index (Phi) is 5.54. The summed E-state index contributed by atoms with van der Waals surface area (Å²) < 4.78 is 1.85. The number of nitrogens with zero attached hydrogens (tertiary/aromatic N) is 5. The van der Waals surface area contributed by atoms with E-state index in [0.717, 1.165) is 24.6 Å². The summed E-state index contributed by atoms with van der Waals surface area (Å²) in [4.78, 5) is 32.2. The van der Waals surface area contributed by atoms with Crippen molar-refractivity contribution >= 4 is 23.3 Å². The standard InChI is InChI=1S/C23H31N5O2/c1-5-19(28-21-15-18(4)24-27(21)9-8-22(28)29)23(30)26-12-10-25(11-13-26)20-14-16(2)6-7-17(20)3/h6-7,14-15,19H,5,8-13H2,1-4H3/t19-/m0/s1. The Morgan fingerprint density at radius 3 is 2.50 bits per heavy atom. The van der Waals surface area contributed by atoms with Crippen LogP contribution in [0.5, 0.6) is 0 Å². The minimum atomic E-state index is -0.472. The lowest BCUT2D eigenvalue weighted by Gasteiger charge is -2.40. The molecular formula is C23H31N5O2. The van der Waals surface area contributed by atoms with Crippen LogP contribution in [0, 0.1) is 20.8 Å². The number of hydrogen-bond acceptors (Lipinski definition) is 4. The Hall–Kier alpha value is -2.83. The van der Waals surface area contributed by atoms with Gasteiger partial charge in [-0.1, -0.05) is 19.1 Å². The van der Waals surface area contributed by atoms with Crippen LogP contribution in [-0.4, -0.2) is 58.7 Å². The Labute approximate surface area is 178 Å². The predicted molar refractivity (Wildman–Crippen MR) is 118 cm³/mol. The summed E-state index contributed by atoms with van der Waals surface area (Å²) in [6, 6.07) is 7.94. The summed E-state index contributed by atoms with van der Waals surface area (Å²) in [7, 11) is 0. The molecule has 1 saturated heterocycles. The van der Waals surface area contributed by atoms with Gasteiger partial charge in [0.05, 0.1) is 12.2 Å². The first-order valence-corrected chi connectivity index (χ1v) is 10.9. The molecule has 2 amide bonds. The lowest BCUT2D eigenvalue weighted by molar-refractivity contribution is -0.135. The summed E-state index contributed by atoms with van der Waals surface area (Å²) >= 11 is 0. The Morgan fingerprint density at radius 1 is 1.07 bits per heavy atom. The van der Waals surface area contributed by atoms with Crippen LogP contribution >= 0.6 is 0 Å². The van der Waals surface area contributed by atoms with E-state index in [1.165, 1.54) is 16.8 Å². The van der Waals surface area contributed by atoms with Crippen molar-refractivity contribution in [1.29, 1.82) is 0 Å². The number of carbonyl (C=O) groups is 2. The number of rotatable bonds is 4. The van der Waals surface area contributed by atoms with E-state index in [4.69, 9.17) is 0 Å². The molecule has 0 bridgehead atoms. The minimum absolute atomic E-state index is 0.0108. The van der Waals surface area contributed by atoms with Crippen LogP contribution in [0.2, 0.25) is 0 Å². The molecule has 160 valence electrons. The first-order valence-electron chi connectivity index (χ1n) is 10.9. The monoisotopic (exact) mass is 409 g/mol. The smallest absolute Gasteiger partial charge is 0.245 e. The SMILES string of the molecule is CC[C@@H](C(=O)N1CCN(c2cc(C)ccc2C)CC1)N1C(=O)CCn2nc(C)cc21. The average Bonchev–Trinajstić information content (AvgIpc) is 3.12. The van der Waals surface area contributed by atoms with E-state index < -0.39 is 6.04 Å². The minimum Gasteiger partial charge on any atom is -0.368 e. The Balaban J connectivity index is 1.49. The van der Waals surface area contributed by atoms with E-state index in [9.17, 15) is 9.59 Å². The topological polar surface area (TPSA) is 61.7 Å². The molecule has 3 heterocycles. The van der Waals surface area contributed by atoms with Crippen molar-refractivity contribution in [2.24, 2.45) is 0 Å². The maximum absolute atomic E-state index is 13.4. The molecule has 7 nitrogen and oxygen atoms in total. The van der Waals surface area contributed by atoms with E-state index in [2.05, 4.69) is 42.0 Å². The Bertz CT molecular complexity index is 958. The van der Waals surface area contributed by atoms with Gasteiger partial charge in [0.1, 0.15) is 11.9 Å². The molecule has 7 heteroatoms. The van der Waals surface area contributed by atoms with Gasteiger partial charge in [-0.05, 0) is 44.4 Å². The molecule has 2 aliphatic rings. The third-order valence-corrected chi connectivity index (χ3v) is 6.21. The van der Waals surface area contributed by atoms with E-state index in [0.29, 0.717) is 32.5 Å². The van der Waals surface area contributed by atoms with Crippen molar-refractivity contribution in [3.05, 3.63) is 41.1 Å². The molecule has 0 N–H and O–H groups in total. The number of fused-ring (bicyclic) bond motifs is 1. The Morgan fingerprint density at radius 2 is 1.80 bits per heavy atom. The zero-order valence-corrected chi connectivity index (χ0v) is 18.4. The van der Waals surface area contributed by atoms with Crippen LogP contribution in [0.1, 0.15) is 36.6 Å². The number of carbonyl (C=O) groups excluding carboxylic acids is 2. The molecule has 2 aromatic rings. The van der Waals surface area contributed by atoms with Gasteiger partial charge >= 0.3 is 0 Å². The number of amides is 2. The van der Waals surface area contributed by atoms with Gasteiger partial charge in [-0.3, -0.25) is 14.5 Å². The van der Waals surface area contributed by atoms with Gasteiger partial charge in [0.2, 0.25) is 11.8 Å². The molecule has 0 saturated carbocycles. The number of aromatic nitrogens is 2. The molecule has 1 aromatic carbocycles. The van der Waals surface area contributed by atoms with Gasteiger partial charge in [0, 0.05) is 44.4 Å². The maximum atomic E-state index is 13.4. The van der Waals surface area contributed by atoms with Crippen molar-refractivity contribution < 1.29 is 9.59 Å². The first-order chi connectivity index (χ1) is 14.4. The molecule has 1 atom stereocenters. The number of aryl methyl sites for hydroxylation is 4. The van der Waals surface area contributed by atoms with Gasteiger partial charge in [-0.15, -0.1) is 0 Å². The molecule has 4 rings (SSSR count). The van der Waals surface area contributed by atoms with Crippen LogP contribution in [0.25, 0.3) is 0 Å². The van der Waals surface area contributed by atoms with E-state index in [1.54, 1.807) is 4.90 Å². The van der Waals surface area contributed by atoms with Crippen molar-refractivity contribution in [3.8, 4) is 0 Å². The van der Waals surface area contributed by atoms with Gasteiger partial charge in [0.25, 0.3) is 0 Å². The first kappa shape index (κ1) is 20.4. The number of anilines is 2. The van der Waals surface area contributed by atoms with E-state index in [-0.39, 0.29) is 11.8 Å². The predicted octanol–water partition coefficient (Wildman–Crippen LogP) is 2.67. The highest BCUT2D eigenvalue weighted by Crippen LogP contribution is 2.28. The molecule has 0 unspecified atom stereocenters. The van der Waals surface area contributed by atoms with Crippen LogP contribution in [0.4, 0.5) is 11.5 Å². The summed E-state index contributed by atoms with van der Waals surface area (Å²) in [5.74, 6) is 0.799. The normalized spacial score (nSPS) is 17.9. The highest BCUT2D eigenvalue weighted by atomic mass is 16.2. The highest BCUT2D eigenvalue weighted by Gasteiger charge is 2.37. The van der Waals surface area contributed by atoms with Gasteiger partial charge in [0.15, 0.2) is 0 Å². The largest absolute Gasteiger partial charge is 0.368 e. The molecule has 0 aliphatic carbocycles. The summed E-state index contributed by atoms with van der Waals surface area (Å²) in [5, 5.41) is 4.47. The molecule has 1 fully saturated rings. The number of piperazine rings is 1. The van der Waals surface area contributed by atoms with Crippen LogP contribution in [0.3, 0.4) is 0 Å². The van der Waals surface area contributed by atoms with Crippen molar-refractivity contribution in [3.63, 3.8) is 0 Å². The fourth-order valence-electron chi connectivity index (χ4n) is 4.58. The van der Waals surface area contributed by atoms with Crippen LogP contribution < -0.4 is 9.80 Å². The second-order valence-electron chi connectivity index (χ2n) is 8.41. The summed E-state index contributed by atoms with van der Waals surface area (Å²) in [6.45, 7) is 11.7. The van der Waals surface area contributed by atoms with Gasteiger partial charge < -0.3 is 9.80 Å². The lowest BCUT2D eigenvalue weighted by atomic mass is 10.1. The molecule has 2 aliphatic heterocycles. The number of hydrogen-bond donors (Lipinski definition) is 0. The van der Waals surface area contributed by atoms with E-state index in [1.807, 2.05) is 29.5 Å². The van der Waals surface area contributed by atoms with Crippen LogP contribution in [0.15, 0.2) is 24.3 Å². The molecule has 1 aromatic heterocycles. The summed E-state index contributed by atoms with van der Waals surface area (Å²) in [5.41, 5.74) is 4.62. The van der Waals surface area contributed by atoms with Crippen molar-refractivity contribution in [2.75, 3.05) is 36.0 Å². The zero-order chi connectivity index (χ0) is 21.4.